The summed E-state index contributed by atoms with van der Waals surface area (Å²) >= 11 is 1.81. The van der Waals surface area contributed by atoms with E-state index in [0.29, 0.717) is 13.3 Å². The quantitative estimate of drug-likeness (QED) is 0.729. The number of carbonyl (C=O) groups is 1. The van der Waals surface area contributed by atoms with Gasteiger partial charge < -0.3 is 24.0 Å². The Balaban J connectivity index is 1.18. The van der Waals surface area contributed by atoms with Gasteiger partial charge in [-0.3, -0.25) is 4.90 Å². The number of rotatable bonds is 3. The summed E-state index contributed by atoms with van der Waals surface area (Å²) in [6.07, 6.45) is 0. The summed E-state index contributed by atoms with van der Waals surface area (Å²) in [6.45, 7) is 5.78. The van der Waals surface area contributed by atoms with E-state index in [1.165, 1.54) is 10.5 Å². The zero-order valence-electron chi connectivity index (χ0n) is 17.7. The molecule has 2 aromatic carbocycles. The van der Waals surface area contributed by atoms with Crippen LogP contribution in [0, 0.1) is 0 Å². The van der Waals surface area contributed by atoms with Crippen LogP contribution in [0.4, 0.5) is 4.79 Å². The van der Waals surface area contributed by atoms with Crippen molar-refractivity contribution in [3.63, 3.8) is 0 Å². The van der Waals surface area contributed by atoms with Gasteiger partial charge in [0.25, 0.3) is 0 Å². The Kier molecular flexibility index (Phi) is 5.82. The fourth-order valence-corrected chi connectivity index (χ4v) is 5.26. The molecular formula is C23H27N3O4S. The summed E-state index contributed by atoms with van der Waals surface area (Å²) in [5, 5.41) is 0. The van der Waals surface area contributed by atoms with E-state index in [1.54, 1.807) is 7.11 Å². The van der Waals surface area contributed by atoms with Crippen LogP contribution in [0.5, 0.6) is 17.2 Å². The van der Waals surface area contributed by atoms with Crippen molar-refractivity contribution >= 4 is 17.8 Å². The number of nitrogens with zero attached hydrogens (tertiary/aromatic N) is 3. The molecule has 164 valence electrons. The molecule has 0 unspecified atom stereocenters. The number of benzene rings is 2. The molecule has 3 aliphatic rings. The van der Waals surface area contributed by atoms with Crippen molar-refractivity contribution in [2.24, 2.45) is 0 Å². The van der Waals surface area contributed by atoms with Gasteiger partial charge in [-0.15, -0.1) is 11.8 Å². The Morgan fingerprint density at radius 3 is 2.68 bits per heavy atom. The van der Waals surface area contributed by atoms with Crippen molar-refractivity contribution < 1.29 is 19.0 Å². The van der Waals surface area contributed by atoms with Crippen LogP contribution in [-0.2, 0) is 13.1 Å². The number of hydrogen-bond acceptors (Lipinski definition) is 6. The first-order valence-corrected chi connectivity index (χ1v) is 11.6. The highest BCUT2D eigenvalue weighted by atomic mass is 32.2. The maximum Gasteiger partial charge on any atom is 0.320 e. The number of hydrogen-bond donors (Lipinski definition) is 0. The molecule has 0 aliphatic carbocycles. The van der Waals surface area contributed by atoms with Crippen molar-refractivity contribution in [1.82, 2.24) is 14.7 Å². The van der Waals surface area contributed by atoms with Crippen molar-refractivity contribution in [1.29, 1.82) is 0 Å². The molecule has 8 heteroatoms. The standard InChI is InChI=1S/C23H27N3O4S/c1-28-19-3-5-22-18(13-19)15-26(10-11-31-22)23(27)25-8-6-24(7-9-25)14-17-2-4-20-21(12-17)30-16-29-20/h2-5,12-13H,6-11,14-16H2,1H3. The molecule has 0 atom stereocenters. The van der Waals surface area contributed by atoms with E-state index in [1.807, 2.05) is 33.7 Å². The first kappa shape index (κ1) is 20.3. The molecule has 2 amide bonds. The minimum absolute atomic E-state index is 0.138. The van der Waals surface area contributed by atoms with Gasteiger partial charge in [-0.1, -0.05) is 6.07 Å². The third kappa shape index (κ3) is 4.41. The number of ether oxygens (including phenoxy) is 3. The fourth-order valence-electron chi connectivity index (χ4n) is 4.26. The number of fused-ring (bicyclic) bond motifs is 2. The van der Waals surface area contributed by atoms with Gasteiger partial charge in [0.15, 0.2) is 11.5 Å². The first-order valence-electron chi connectivity index (χ1n) is 10.6. The lowest BCUT2D eigenvalue weighted by Gasteiger charge is -2.37. The summed E-state index contributed by atoms with van der Waals surface area (Å²) in [6, 6.07) is 12.4. The number of amides is 2. The number of thioether (sulfide) groups is 1. The normalized spacial score (nSPS) is 18.5. The minimum atomic E-state index is 0.138. The highest BCUT2D eigenvalue weighted by molar-refractivity contribution is 7.99. The molecule has 0 saturated carbocycles. The Morgan fingerprint density at radius 1 is 1.00 bits per heavy atom. The molecular weight excluding hydrogens is 414 g/mol. The second kappa shape index (κ2) is 8.88. The lowest BCUT2D eigenvalue weighted by molar-refractivity contribution is 0.109. The number of methoxy groups -OCH3 is 1. The third-order valence-electron chi connectivity index (χ3n) is 6.00. The molecule has 31 heavy (non-hydrogen) atoms. The highest BCUT2D eigenvalue weighted by Gasteiger charge is 2.27. The SMILES string of the molecule is COc1ccc2c(c1)CN(C(=O)N1CCN(Cc3ccc4c(c3)OCO4)CC1)CCS2. The van der Waals surface area contributed by atoms with Gasteiger partial charge in [-0.05, 0) is 41.5 Å². The van der Waals surface area contributed by atoms with Crippen LogP contribution in [0.3, 0.4) is 0 Å². The van der Waals surface area contributed by atoms with E-state index < -0.39 is 0 Å². The van der Waals surface area contributed by atoms with E-state index in [4.69, 9.17) is 14.2 Å². The fraction of sp³-hybridized carbons (Fsp3) is 0.435. The molecule has 0 radical (unpaired) electrons. The summed E-state index contributed by atoms with van der Waals surface area (Å²) in [5.74, 6) is 3.39. The maximum absolute atomic E-state index is 13.2. The average Bonchev–Trinajstić information content (AvgIpc) is 3.16. The van der Waals surface area contributed by atoms with Crippen LogP contribution in [-0.4, -0.2) is 73.1 Å². The third-order valence-corrected chi connectivity index (χ3v) is 7.10. The van der Waals surface area contributed by atoms with Gasteiger partial charge in [0.2, 0.25) is 6.79 Å². The van der Waals surface area contributed by atoms with E-state index in [-0.39, 0.29) is 6.03 Å². The molecule has 0 aromatic heterocycles. The van der Waals surface area contributed by atoms with Crippen LogP contribution < -0.4 is 14.2 Å². The number of piperazine rings is 1. The Labute approximate surface area is 186 Å². The van der Waals surface area contributed by atoms with Crippen LogP contribution in [0.25, 0.3) is 0 Å². The van der Waals surface area contributed by atoms with Crippen molar-refractivity contribution in [3.8, 4) is 17.2 Å². The molecule has 2 aromatic rings. The molecule has 1 saturated heterocycles. The van der Waals surface area contributed by atoms with E-state index in [0.717, 1.165) is 67.8 Å². The second-order valence-corrected chi connectivity index (χ2v) is 9.11. The zero-order valence-corrected chi connectivity index (χ0v) is 18.5. The van der Waals surface area contributed by atoms with Crippen molar-refractivity contribution in [2.75, 3.05) is 52.4 Å². The monoisotopic (exact) mass is 441 g/mol. The van der Waals surface area contributed by atoms with E-state index in [9.17, 15) is 4.79 Å². The van der Waals surface area contributed by atoms with Crippen LogP contribution >= 0.6 is 11.8 Å². The minimum Gasteiger partial charge on any atom is -0.497 e. The Morgan fingerprint density at radius 2 is 1.84 bits per heavy atom. The smallest absolute Gasteiger partial charge is 0.320 e. The molecule has 0 bridgehead atoms. The lowest BCUT2D eigenvalue weighted by Crippen LogP contribution is -2.52. The second-order valence-electron chi connectivity index (χ2n) is 7.98. The number of urea groups is 1. The van der Waals surface area contributed by atoms with Crippen molar-refractivity contribution in [2.45, 2.75) is 18.0 Å². The summed E-state index contributed by atoms with van der Waals surface area (Å²) in [7, 11) is 1.68. The molecule has 7 nitrogen and oxygen atoms in total. The Hall–Kier alpha value is -2.58. The maximum atomic E-state index is 13.2. The summed E-state index contributed by atoms with van der Waals surface area (Å²) in [4.78, 5) is 20.8. The lowest BCUT2D eigenvalue weighted by atomic mass is 10.1. The number of carbonyl (C=O) groups excluding carboxylic acids is 1. The van der Waals surface area contributed by atoms with Crippen molar-refractivity contribution in [3.05, 3.63) is 47.5 Å². The predicted octanol–water partition coefficient (Wildman–Crippen LogP) is 3.27. The van der Waals surface area contributed by atoms with E-state index >= 15 is 0 Å². The van der Waals surface area contributed by atoms with Gasteiger partial charge in [-0.2, -0.15) is 0 Å². The van der Waals surface area contributed by atoms with Crippen LogP contribution in [0.15, 0.2) is 41.3 Å². The zero-order chi connectivity index (χ0) is 21.2. The molecule has 0 spiro atoms. The van der Waals surface area contributed by atoms with E-state index in [2.05, 4.69) is 29.2 Å². The van der Waals surface area contributed by atoms with Crippen LogP contribution in [0.1, 0.15) is 11.1 Å². The summed E-state index contributed by atoms with van der Waals surface area (Å²) < 4.78 is 16.3. The van der Waals surface area contributed by atoms with Gasteiger partial charge >= 0.3 is 6.03 Å². The van der Waals surface area contributed by atoms with Gasteiger partial charge in [0, 0.05) is 56.5 Å². The molecule has 3 heterocycles. The largest absolute Gasteiger partial charge is 0.497 e. The molecule has 1 fully saturated rings. The molecule has 5 rings (SSSR count). The highest BCUT2D eigenvalue weighted by Crippen LogP contribution is 2.33. The summed E-state index contributed by atoms with van der Waals surface area (Å²) in [5.41, 5.74) is 2.37. The first-order chi connectivity index (χ1) is 15.2. The van der Waals surface area contributed by atoms with Gasteiger partial charge in [-0.25, -0.2) is 4.79 Å². The van der Waals surface area contributed by atoms with Gasteiger partial charge in [0.05, 0.1) is 7.11 Å². The molecule has 0 N–H and O–H groups in total. The average molecular weight is 442 g/mol. The molecule has 3 aliphatic heterocycles. The topological polar surface area (TPSA) is 54.5 Å². The van der Waals surface area contributed by atoms with Crippen LogP contribution in [0.2, 0.25) is 0 Å². The Bertz CT molecular complexity index is 962. The van der Waals surface area contributed by atoms with Gasteiger partial charge in [0.1, 0.15) is 5.75 Å². The predicted molar refractivity (Wildman–Crippen MR) is 119 cm³/mol.